The molecule has 0 aliphatic carbocycles. The lowest BCUT2D eigenvalue weighted by Gasteiger charge is -1.99. The summed E-state index contributed by atoms with van der Waals surface area (Å²) in [6.07, 6.45) is 0. The van der Waals surface area contributed by atoms with E-state index < -0.39 is 17.6 Å². The number of esters is 1. The highest BCUT2D eigenvalue weighted by Crippen LogP contribution is 2.26. The third-order valence-electron chi connectivity index (χ3n) is 2.18. The molecule has 0 aliphatic rings. The van der Waals surface area contributed by atoms with Crippen molar-refractivity contribution in [1.29, 1.82) is 0 Å². The highest BCUT2D eigenvalue weighted by Gasteiger charge is 2.16. The number of nitrogens with zero attached hydrogens (tertiary/aromatic N) is 1. The number of benzene rings is 1. The molecule has 0 atom stereocenters. The van der Waals surface area contributed by atoms with Crippen molar-refractivity contribution in [2.75, 3.05) is 6.61 Å². The van der Waals surface area contributed by atoms with Crippen LogP contribution in [-0.2, 0) is 4.74 Å². The summed E-state index contributed by atoms with van der Waals surface area (Å²) in [4.78, 5) is 15.3. The Labute approximate surface area is 106 Å². The van der Waals surface area contributed by atoms with E-state index in [0.29, 0.717) is 0 Å². The highest BCUT2D eigenvalue weighted by molar-refractivity contribution is 7.11. The number of carbonyl (C=O) groups excluding carboxylic acids is 1. The first-order chi connectivity index (χ1) is 8.63. The van der Waals surface area contributed by atoms with Crippen LogP contribution in [0.25, 0.3) is 11.3 Å². The molecule has 1 aromatic carbocycles. The molecule has 1 heterocycles. The lowest BCUT2D eigenvalue weighted by atomic mass is 10.1. The molecule has 0 fully saturated rings. The Morgan fingerprint density at radius 2 is 2.22 bits per heavy atom. The molecule has 0 saturated heterocycles. The van der Waals surface area contributed by atoms with Crippen molar-refractivity contribution in [2.45, 2.75) is 6.92 Å². The average Bonchev–Trinajstić information content (AvgIpc) is 2.82. The van der Waals surface area contributed by atoms with Crippen LogP contribution in [-0.4, -0.2) is 17.6 Å². The van der Waals surface area contributed by atoms with Crippen LogP contribution in [0.4, 0.5) is 8.78 Å². The van der Waals surface area contributed by atoms with E-state index in [4.69, 9.17) is 4.74 Å². The second kappa shape index (κ2) is 5.22. The molecular weight excluding hydrogens is 260 g/mol. The summed E-state index contributed by atoms with van der Waals surface area (Å²) in [5.41, 5.74) is 0.252. The second-order valence-electron chi connectivity index (χ2n) is 3.36. The number of halogens is 2. The Balaban J connectivity index is 2.35. The molecule has 3 nitrogen and oxygen atoms in total. The first-order valence-corrected chi connectivity index (χ1v) is 6.08. The van der Waals surface area contributed by atoms with Gasteiger partial charge in [-0.1, -0.05) is 6.07 Å². The van der Waals surface area contributed by atoms with E-state index in [9.17, 15) is 13.6 Å². The molecule has 0 N–H and O–H groups in total. The molecule has 2 rings (SSSR count). The van der Waals surface area contributed by atoms with Crippen LogP contribution >= 0.6 is 11.3 Å². The second-order valence-corrected chi connectivity index (χ2v) is 4.22. The normalized spacial score (nSPS) is 10.4. The van der Waals surface area contributed by atoms with Crippen LogP contribution in [0.5, 0.6) is 0 Å². The predicted octanol–water partition coefficient (Wildman–Crippen LogP) is 3.27. The minimum absolute atomic E-state index is 0.0294. The van der Waals surface area contributed by atoms with Gasteiger partial charge in [-0.15, -0.1) is 11.3 Å². The van der Waals surface area contributed by atoms with E-state index >= 15 is 0 Å². The van der Waals surface area contributed by atoms with E-state index in [0.717, 1.165) is 17.4 Å². The number of rotatable bonds is 3. The molecule has 0 amide bonds. The summed E-state index contributed by atoms with van der Waals surface area (Å²) < 4.78 is 31.4. The van der Waals surface area contributed by atoms with Crippen LogP contribution in [0.15, 0.2) is 23.6 Å². The Bertz CT molecular complexity index is 583. The molecule has 0 saturated carbocycles. The van der Waals surface area contributed by atoms with E-state index in [2.05, 4.69) is 4.98 Å². The van der Waals surface area contributed by atoms with E-state index in [1.165, 1.54) is 17.5 Å². The molecule has 0 bridgehead atoms. The average molecular weight is 269 g/mol. The van der Waals surface area contributed by atoms with Gasteiger partial charge in [-0.3, -0.25) is 0 Å². The maximum Gasteiger partial charge on any atom is 0.367 e. The smallest absolute Gasteiger partial charge is 0.367 e. The molecule has 2 aromatic rings. The van der Waals surface area contributed by atoms with Crippen molar-refractivity contribution >= 4 is 17.3 Å². The maximum atomic E-state index is 13.5. The van der Waals surface area contributed by atoms with Gasteiger partial charge in [-0.25, -0.2) is 18.6 Å². The largest absolute Gasteiger partial charge is 0.461 e. The number of hydrogen-bond donors (Lipinski definition) is 0. The van der Waals surface area contributed by atoms with E-state index in [-0.39, 0.29) is 22.9 Å². The lowest BCUT2D eigenvalue weighted by molar-refractivity contribution is 0.0526. The first kappa shape index (κ1) is 12.6. The summed E-state index contributed by atoms with van der Waals surface area (Å²) in [6.45, 7) is 1.92. The van der Waals surface area contributed by atoms with Gasteiger partial charge in [0.05, 0.1) is 12.3 Å². The molecule has 0 unspecified atom stereocenters. The van der Waals surface area contributed by atoms with Crippen molar-refractivity contribution in [1.82, 2.24) is 4.98 Å². The topological polar surface area (TPSA) is 39.2 Å². The van der Waals surface area contributed by atoms with Crippen LogP contribution < -0.4 is 0 Å². The van der Waals surface area contributed by atoms with Crippen molar-refractivity contribution in [3.05, 3.63) is 40.2 Å². The minimum atomic E-state index is -0.974. The molecule has 18 heavy (non-hydrogen) atoms. The standard InChI is InChI=1S/C12H9F2NO2S/c1-2-17-12(16)11-15-9(6-18-11)7-4-3-5-8(13)10(7)14/h3-6H,2H2,1H3. The summed E-state index contributed by atoms with van der Waals surface area (Å²) in [5, 5.41) is 1.61. The molecule has 0 aliphatic heterocycles. The maximum absolute atomic E-state index is 13.5. The molecule has 6 heteroatoms. The van der Waals surface area contributed by atoms with Crippen molar-refractivity contribution in [3.63, 3.8) is 0 Å². The Morgan fingerprint density at radius 3 is 2.94 bits per heavy atom. The van der Waals surface area contributed by atoms with Crippen LogP contribution in [0.3, 0.4) is 0 Å². The first-order valence-electron chi connectivity index (χ1n) is 5.20. The van der Waals surface area contributed by atoms with Gasteiger partial charge in [0.25, 0.3) is 0 Å². The Kier molecular flexibility index (Phi) is 3.66. The molecule has 94 valence electrons. The monoisotopic (exact) mass is 269 g/mol. The van der Waals surface area contributed by atoms with Gasteiger partial charge in [0.15, 0.2) is 11.6 Å². The quantitative estimate of drug-likeness (QED) is 0.803. The lowest BCUT2D eigenvalue weighted by Crippen LogP contribution is -2.03. The number of aromatic nitrogens is 1. The van der Waals surface area contributed by atoms with Crippen LogP contribution in [0.1, 0.15) is 16.7 Å². The summed E-state index contributed by atoms with van der Waals surface area (Å²) in [7, 11) is 0. The van der Waals surface area contributed by atoms with Crippen LogP contribution in [0.2, 0.25) is 0 Å². The van der Waals surface area contributed by atoms with Gasteiger partial charge in [-0.2, -0.15) is 0 Å². The van der Waals surface area contributed by atoms with Gasteiger partial charge >= 0.3 is 5.97 Å². The fourth-order valence-corrected chi connectivity index (χ4v) is 2.09. The highest BCUT2D eigenvalue weighted by atomic mass is 32.1. The van der Waals surface area contributed by atoms with Gasteiger partial charge in [-0.05, 0) is 19.1 Å². The zero-order chi connectivity index (χ0) is 13.1. The predicted molar refractivity (Wildman–Crippen MR) is 63.4 cm³/mol. The molecular formula is C12H9F2NO2S. The summed E-state index contributed by atoms with van der Waals surface area (Å²) in [5.74, 6) is -2.48. The number of carbonyl (C=O) groups is 1. The number of ether oxygens (including phenoxy) is 1. The Hall–Kier alpha value is -1.82. The van der Waals surface area contributed by atoms with Gasteiger partial charge < -0.3 is 4.74 Å². The van der Waals surface area contributed by atoms with Gasteiger partial charge in [0.1, 0.15) is 0 Å². The zero-order valence-electron chi connectivity index (χ0n) is 9.44. The fourth-order valence-electron chi connectivity index (χ4n) is 1.39. The summed E-state index contributed by atoms with van der Waals surface area (Å²) in [6, 6.07) is 3.82. The van der Waals surface area contributed by atoms with E-state index in [1.54, 1.807) is 6.92 Å². The zero-order valence-corrected chi connectivity index (χ0v) is 10.3. The number of thiazole rings is 1. The SMILES string of the molecule is CCOC(=O)c1nc(-c2cccc(F)c2F)cs1. The molecule has 1 aromatic heterocycles. The van der Waals surface area contributed by atoms with Crippen LogP contribution in [0, 0.1) is 11.6 Å². The van der Waals surface area contributed by atoms with Crippen molar-refractivity contribution < 1.29 is 18.3 Å². The molecule has 0 spiro atoms. The third-order valence-corrected chi connectivity index (χ3v) is 3.00. The Morgan fingerprint density at radius 1 is 1.44 bits per heavy atom. The van der Waals surface area contributed by atoms with Crippen molar-refractivity contribution in [3.8, 4) is 11.3 Å². The fraction of sp³-hybridized carbons (Fsp3) is 0.167. The molecule has 0 radical (unpaired) electrons. The van der Waals surface area contributed by atoms with Gasteiger partial charge in [0.2, 0.25) is 5.01 Å². The minimum Gasteiger partial charge on any atom is -0.461 e. The number of hydrogen-bond acceptors (Lipinski definition) is 4. The van der Waals surface area contributed by atoms with E-state index in [1.807, 2.05) is 0 Å². The third kappa shape index (κ3) is 2.38. The summed E-state index contributed by atoms with van der Waals surface area (Å²) >= 11 is 1.03. The van der Waals surface area contributed by atoms with Crippen molar-refractivity contribution in [2.24, 2.45) is 0 Å². The van der Waals surface area contributed by atoms with Gasteiger partial charge in [0, 0.05) is 10.9 Å².